The van der Waals surface area contributed by atoms with Crippen LogP contribution in [0.25, 0.3) is 11.0 Å². The Kier molecular flexibility index (Phi) is 10.6. The van der Waals surface area contributed by atoms with Crippen LogP contribution in [-0.2, 0) is 0 Å². The van der Waals surface area contributed by atoms with Gasteiger partial charge >= 0.3 is 39.0 Å². The first-order chi connectivity index (χ1) is 15.7. The number of rotatable bonds is 11. The van der Waals surface area contributed by atoms with Crippen molar-refractivity contribution >= 4 is 24.9 Å². The van der Waals surface area contributed by atoms with Gasteiger partial charge in [-0.3, -0.25) is 4.84 Å². The fourth-order valence-corrected chi connectivity index (χ4v) is 3.21. The maximum atomic E-state index is 9.87. The summed E-state index contributed by atoms with van der Waals surface area (Å²) in [7, 11) is -10.7. The summed E-state index contributed by atoms with van der Waals surface area (Å²) >= 11 is 0. The summed E-state index contributed by atoms with van der Waals surface area (Å²) in [4.78, 5) is 10.2. The Morgan fingerprint density at radius 1 is 0.882 bits per heavy atom. The molecular weight excluding hydrogens is 483 g/mol. The van der Waals surface area contributed by atoms with Crippen molar-refractivity contribution in [3.8, 4) is 0 Å². The second-order valence-electron chi connectivity index (χ2n) is 7.86. The number of nitrogens with zero attached hydrogens (tertiary/aromatic N) is 5. The first kappa shape index (κ1) is 29.9. The summed E-state index contributed by atoms with van der Waals surface area (Å²) < 4.78 is 61.6. The molecule has 1 aromatic heterocycles. The summed E-state index contributed by atoms with van der Waals surface area (Å²) in [6.07, 6.45) is 7.27. The number of aromatic nitrogens is 3. The number of para-hydroxylation sites is 1. The molecule has 0 amide bonds. The molecule has 2 aromatic rings. The Morgan fingerprint density at radius 2 is 1.38 bits per heavy atom. The summed E-state index contributed by atoms with van der Waals surface area (Å²) in [6, 6.07) is 8.80. The molecule has 6 nitrogen and oxygen atoms in total. The molecule has 0 fully saturated rings. The van der Waals surface area contributed by atoms with E-state index in [4.69, 9.17) is 4.84 Å². The molecule has 0 N–H and O–H groups in total. The minimum atomic E-state index is -10.7. The van der Waals surface area contributed by atoms with Crippen molar-refractivity contribution in [3.05, 3.63) is 24.3 Å². The van der Waals surface area contributed by atoms with Gasteiger partial charge in [0.05, 0.1) is 26.2 Å². The zero-order valence-corrected chi connectivity index (χ0v) is 21.1. The van der Waals surface area contributed by atoms with Gasteiger partial charge in [0.15, 0.2) is 0 Å². The van der Waals surface area contributed by atoms with E-state index >= 15 is 0 Å². The van der Waals surface area contributed by atoms with E-state index in [2.05, 4.69) is 47.5 Å². The van der Waals surface area contributed by atoms with E-state index in [0.29, 0.717) is 0 Å². The van der Waals surface area contributed by atoms with Crippen molar-refractivity contribution in [2.75, 3.05) is 26.2 Å². The Labute approximate surface area is 196 Å². The van der Waals surface area contributed by atoms with Crippen LogP contribution in [0, 0.1) is 0 Å². The summed E-state index contributed by atoms with van der Waals surface area (Å²) in [5, 5.41) is 8.46. The van der Waals surface area contributed by atoms with Gasteiger partial charge in [0.2, 0.25) is 0 Å². The van der Waals surface area contributed by atoms with Crippen molar-refractivity contribution in [1.82, 2.24) is 20.1 Å². The molecule has 0 saturated heterocycles. The normalized spacial score (nSPS) is 13.5. The summed E-state index contributed by atoms with van der Waals surface area (Å²) in [5.41, 5.74) is 1.74. The van der Waals surface area contributed by atoms with Gasteiger partial charge in [-0.1, -0.05) is 43.7 Å². The number of hydrogen-bond acceptors (Lipinski definition) is 3. The van der Waals surface area contributed by atoms with Crippen LogP contribution in [0.2, 0.25) is 0 Å². The molecule has 2 rings (SSSR count). The van der Waals surface area contributed by atoms with E-state index in [1.807, 2.05) is 24.3 Å². The molecule has 1 aromatic carbocycles. The van der Waals surface area contributed by atoms with Gasteiger partial charge < -0.3 is 0 Å². The molecule has 0 unspecified atom stereocenters. The number of fused-ring (bicyclic) bond motifs is 1. The maximum absolute atomic E-state index is 10.7. The van der Waals surface area contributed by atoms with Gasteiger partial charge in [0.25, 0.3) is 0 Å². The minimum absolute atomic E-state index is 0.847. The zero-order valence-electron chi connectivity index (χ0n) is 20.2. The average Bonchev–Trinajstić information content (AvgIpc) is 3.14. The summed E-state index contributed by atoms with van der Waals surface area (Å²) in [5.74, 6) is 0. The molecule has 198 valence electrons. The second kappa shape index (κ2) is 12.0. The average molecular weight is 520 g/mol. The second-order valence-corrected chi connectivity index (χ2v) is 9.77. The predicted octanol–water partition coefficient (Wildman–Crippen LogP) is 7.33. The van der Waals surface area contributed by atoms with E-state index in [-0.39, 0.29) is 0 Å². The molecule has 13 heteroatoms. The Hall–Kier alpha value is -2.10. The third-order valence-electron chi connectivity index (χ3n) is 4.86. The van der Waals surface area contributed by atoms with Gasteiger partial charge in [0.1, 0.15) is 11.0 Å². The van der Waals surface area contributed by atoms with Crippen LogP contribution in [0.4, 0.5) is 25.2 Å². The standard InChI is InChI=1S/C21H36N5O.F6P/c1-5-9-13-17-25(18-14-10-6-2)21(24(7-3)8-4)27-26-20-16-12-11-15-19(20)22-23-26;1-7(2,3,4,5)6/h11-12,15-16H,5-10,13-14,17-18H2,1-4H3;/q+1;-1. The molecule has 0 aliphatic carbocycles. The van der Waals surface area contributed by atoms with Crippen molar-refractivity contribution in [2.45, 2.75) is 66.2 Å². The van der Waals surface area contributed by atoms with Crippen LogP contribution in [0.5, 0.6) is 0 Å². The SMILES string of the molecule is CCCCC[N+](CCCCC)=C(On1nnc2ccccc21)N(CC)CC.F[P-](F)(F)(F)(F)F. The number of halogens is 6. The van der Waals surface area contributed by atoms with Crippen molar-refractivity contribution in [2.24, 2.45) is 0 Å². The first-order valence-corrected chi connectivity index (χ1v) is 13.6. The van der Waals surface area contributed by atoms with Crippen molar-refractivity contribution in [3.63, 3.8) is 0 Å². The zero-order chi connectivity index (χ0) is 25.9. The third kappa shape index (κ3) is 13.0. The van der Waals surface area contributed by atoms with Crippen molar-refractivity contribution < 1.29 is 34.6 Å². The van der Waals surface area contributed by atoms with E-state index in [0.717, 1.165) is 43.2 Å². The van der Waals surface area contributed by atoms with Crippen LogP contribution < -0.4 is 4.84 Å². The molecule has 0 atom stereocenters. The molecule has 0 bridgehead atoms. The number of amidine groups is 1. The quantitative estimate of drug-likeness (QED) is 0.0779. The number of unbranched alkanes of at least 4 members (excludes halogenated alkanes) is 4. The predicted molar refractivity (Wildman–Crippen MR) is 125 cm³/mol. The van der Waals surface area contributed by atoms with Gasteiger partial charge in [0, 0.05) is 0 Å². The van der Waals surface area contributed by atoms with Gasteiger partial charge in [-0.05, 0) is 56.9 Å². The van der Waals surface area contributed by atoms with E-state index in [1.54, 1.807) is 4.85 Å². The van der Waals surface area contributed by atoms with Gasteiger partial charge in [-0.15, -0.1) is 5.10 Å². The Bertz CT molecular complexity index is 890. The van der Waals surface area contributed by atoms with E-state index in [9.17, 15) is 25.2 Å². The van der Waals surface area contributed by atoms with Crippen LogP contribution in [-0.4, -0.2) is 56.8 Å². The van der Waals surface area contributed by atoms with E-state index < -0.39 is 7.81 Å². The Morgan fingerprint density at radius 3 is 1.85 bits per heavy atom. The molecule has 1 heterocycles. The van der Waals surface area contributed by atoms with Crippen LogP contribution in [0.1, 0.15) is 66.2 Å². The topological polar surface area (TPSA) is 46.2 Å². The van der Waals surface area contributed by atoms with Crippen LogP contribution in [0.15, 0.2) is 24.3 Å². The third-order valence-corrected chi connectivity index (χ3v) is 4.86. The molecule has 0 aliphatic heterocycles. The van der Waals surface area contributed by atoms with Crippen LogP contribution in [0.3, 0.4) is 0 Å². The van der Waals surface area contributed by atoms with Gasteiger partial charge in [-0.2, -0.15) is 0 Å². The fraction of sp³-hybridized carbons (Fsp3) is 0.667. The van der Waals surface area contributed by atoms with E-state index in [1.165, 1.54) is 38.5 Å². The molecule has 0 aliphatic rings. The fourth-order valence-electron chi connectivity index (χ4n) is 3.21. The molecule has 0 radical (unpaired) electrons. The monoisotopic (exact) mass is 519 g/mol. The molecule has 34 heavy (non-hydrogen) atoms. The summed E-state index contributed by atoms with van der Waals surface area (Å²) in [6.45, 7) is 12.6. The van der Waals surface area contributed by atoms with Crippen LogP contribution >= 0.6 is 7.81 Å². The van der Waals surface area contributed by atoms with Crippen molar-refractivity contribution in [1.29, 1.82) is 0 Å². The van der Waals surface area contributed by atoms with Gasteiger partial charge in [-0.25, -0.2) is 9.48 Å². The number of benzene rings is 1. The Balaban J connectivity index is 0.000000718. The number of hydrogen-bond donors (Lipinski definition) is 0. The first-order valence-electron chi connectivity index (χ1n) is 11.6. The molecule has 0 saturated carbocycles. The molecule has 0 spiro atoms. The molecular formula is C21H36F6N5OP.